The van der Waals surface area contributed by atoms with Gasteiger partial charge in [0, 0.05) is 17.4 Å². The Kier molecular flexibility index (Phi) is 5.12. The smallest absolute Gasteiger partial charge is 0.271 e. The second-order valence-corrected chi connectivity index (χ2v) is 6.50. The van der Waals surface area contributed by atoms with Gasteiger partial charge in [-0.15, -0.1) is 10.2 Å². The summed E-state index contributed by atoms with van der Waals surface area (Å²) in [5, 5.41) is 15.7. The summed E-state index contributed by atoms with van der Waals surface area (Å²) in [6, 6.07) is 9.07. The highest BCUT2D eigenvalue weighted by Gasteiger charge is 2.16. The minimum atomic E-state index is -0.182. The molecule has 9 nitrogen and oxygen atoms in total. The number of carbonyl (C=O) groups excluding carboxylic acids is 1. The number of nitrogens with zero attached hydrogens (tertiary/aromatic N) is 5. The predicted octanol–water partition coefficient (Wildman–Crippen LogP) is 1.53. The summed E-state index contributed by atoms with van der Waals surface area (Å²) in [7, 11) is 1.57. The molecule has 26 heavy (non-hydrogen) atoms. The number of benzene rings is 1. The van der Waals surface area contributed by atoms with Crippen molar-refractivity contribution in [3.05, 3.63) is 41.7 Å². The van der Waals surface area contributed by atoms with Crippen molar-refractivity contribution in [2.45, 2.75) is 19.0 Å². The number of thioether (sulfide) groups is 1. The molecule has 0 fully saturated rings. The largest absolute Gasteiger partial charge is 0.497 e. The number of anilines is 1. The van der Waals surface area contributed by atoms with Crippen LogP contribution in [0.1, 0.15) is 11.4 Å². The third-order valence-corrected chi connectivity index (χ3v) is 4.47. The number of aryl methyl sites for hydroxylation is 2. The van der Waals surface area contributed by atoms with Gasteiger partial charge in [-0.3, -0.25) is 4.79 Å². The highest BCUT2D eigenvalue weighted by molar-refractivity contribution is 7.99. The van der Waals surface area contributed by atoms with Crippen molar-refractivity contribution >= 4 is 23.4 Å². The molecule has 0 saturated heterocycles. The van der Waals surface area contributed by atoms with E-state index < -0.39 is 0 Å². The van der Waals surface area contributed by atoms with Gasteiger partial charge in [-0.1, -0.05) is 17.8 Å². The minimum absolute atomic E-state index is 0.143. The van der Waals surface area contributed by atoms with Crippen LogP contribution in [0, 0.1) is 13.8 Å². The maximum atomic E-state index is 12.1. The number of nitrogens with two attached hydrogens (primary N) is 1. The van der Waals surface area contributed by atoms with Crippen LogP contribution in [-0.4, -0.2) is 43.4 Å². The Labute approximate surface area is 154 Å². The average molecular weight is 373 g/mol. The van der Waals surface area contributed by atoms with E-state index in [9.17, 15) is 4.79 Å². The summed E-state index contributed by atoms with van der Waals surface area (Å²) in [6.45, 7) is 3.79. The van der Waals surface area contributed by atoms with Gasteiger partial charge in [-0.05, 0) is 32.0 Å². The van der Waals surface area contributed by atoms with E-state index in [0.29, 0.717) is 22.5 Å². The zero-order valence-electron chi connectivity index (χ0n) is 14.6. The molecule has 0 radical (unpaired) electrons. The van der Waals surface area contributed by atoms with E-state index in [1.54, 1.807) is 30.0 Å². The first kappa shape index (κ1) is 17.8. The van der Waals surface area contributed by atoms with E-state index in [-0.39, 0.29) is 11.7 Å². The van der Waals surface area contributed by atoms with E-state index in [1.807, 2.05) is 26.0 Å². The number of amides is 1. The molecule has 0 spiro atoms. The number of nitrogens with one attached hydrogen (secondary N) is 1. The Morgan fingerprint density at radius 1 is 1.31 bits per heavy atom. The van der Waals surface area contributed by atoms with Crippen LogP contribution in [0.25, 0.3) is 5.95 Å². The van der Waals surface area contributed by atoms with Gasteiger partial charge in [0.1, 0.15) is 5.75 Å². The fourth-order valence-corrected chi connectivity index (χ4v) is 3.02. The van der Waals surface area contributed by atoms with Crippen molar-refractivity contribution in [2.24, 2.45) is 0 Å². The summed E-state index contributed by atoms with van der Waals surface area (Å²) in [5.74, 6) is 7.08. The van der Waals surface area contributed by atoms with Gasteiger partial charge in [0.2, 0.25) is 11.1 Å². The standard InChI is InChI=1S/C16H19N7O2S/c1-10-7-11(2)23(21-10)15-19-20-16(22(15)17)26-9-14(24)18-12-5-4-6-13(8-12)25-3/h4-8H,9,17H2,1-3H3,(H,18,24). The summed E-state index contributed by atoms with van der Waals surface area (Å²) in [5.41, 5.74) is 2.42. The molecule has 136 valence electrons. The van der Waals surface area contributed by atoms with Crippen LogP contribution < -0.4 is 15.9 Å². The SMILES string of the molecule is COc1cccc(NC(=O)CSc2nnc(-n3nc(C)cc3C)n2N)c1. The van der Waals surface area contributed by atoms with Crippen molar-refractivity contribution in [2.75, 3.05) is 24.0 Å². The number of nitrogen functional groups attached to an aromatic ring is 1. The Balaban J connectivity index is 1.65. The zero-order valence-corrected chi connectivity index (χ0v) is 15.4. The normalized spacial score (nSPS) is 10.7. The molecule has 0 aliphatic carbocycles. The molecule has 3 aromatic rings. The molecular formula is C16H19N7O2S. The zero-order chi connectivity index (χ0) is 18.7. The van der Waals surface area contributed by atoms with Crippen LogP contribution in [0.5, 0.6) is 5.75 Å². The molecule has 3 rings (SSSR count). The van der Waals surface area contributed by atoms with Crippen molar-refractivity contribution < 1.29 is 9.53 Å². The summed E-state index contributed by atoms with van der Waals surface area (Å²) < 4.78 is 8.07. The molecule has 2 aromatic heterocycles. The molecule has 10 heteroatoms. The second kappa shape index (κ2) is 7.48. The van der Waals surface area contributed by atoms with Gasteiger partial charge < -0.3 is 15.9 Å². The Morgan fingerprint density at radius 3 is 2.81 bits per heavy atom. The van der Waals surface area contributed by atoms with Crippen LogP contribution in [0.2, 0.25) is 0 Å². The van der Waals surface area contributed by atoms with E-state index in [4.69, 9.17) is 10.6 Å². The first-order valence-corrected chi connectivity index (χ1v) is 8.77. The van der Waals surface area contributed by atoms with Gasteiger partial charge in [0.05, 0.1) is 18.6 Å². The summed E-state index contributed by atoms with van der Waals surface area (Å²) in [6.07, 6.45) is 0. The molecule has 0 saturated carbocycles. The van der Waals surface area contributed by atoms with Crippen molar-refractivity contribution in [3.63, 3.8) is 0 Å². The molecule has 0 atom stereocenters. The second-order valence-electron chi connectivity index (χ2n) is 5.56. The maximum Gasteiger partial charge on any atom is 0.271 e. The van der Waals surface area contributed by atoms with Crippen LogP contribution in [-0.2, 0) is 4.79 Å². The van der Waals surface area contributed by atoms with Gasteiger partial charge in [-0.2, -0.15) is 5.10 Å². The molecule has 0 bridgehead atoms. The van der Waals surface area contributed by atoms with Gasteiger partial charge in [0.25, 0.3) is 5.95 Å². The Hall–Kier alpha value is -3.01. The number of ether oxygens (including phenoxy) is 1. The molecule has 3 N–H and O–H groups in total. The third-order valence-electron chi connectivity index (χ3n) is 3.53. The topological polar surface area (TPSA) is 113 Å². The fourth-order valence-electron chi connectivity index (χ4n) is 2.37. The lowest BCUT2D eigenvalue weighted by Gasteiger charge is -2.07. The number of rotatable bonds is 6. The van der Waals surface area contributed by atoms with Crippen molar-refractivity contribution in [3.8, 4) is 11.7 Å². The number of aromatic nitrogens is 5. The molecule has 1 aromatic carbocycles. The van der Waals surface area contributed by atoms with Crippen molar-refractivity contribution in [1.82, 2.24) is 24.7 Å². The lowest BCUT2D eigenvalue weighted by Crippen LogP contribution is -2.18. The van der Waals surface area contributed by atoms with E-state index in [1.165, 1.54) is 16.4 Å². The Morgan fingerprint density at radius 2 is 2.12 bits per heavy atom. The average Bonchev–Trinajstić information content (AvgIpc) is 3.14. The molecule has 2 heterocycles. The lowest BCUT2D eigenvalue weighted by atomic mass is 10.3. The van der Waals surface area contributed by atoms with Gasteiger partial charge >= 0.3 is 0 Å². The molecule has 0 aliphatic rings. The first-order chi connectivity index (χ1) is 12.5. The quantitative estimate of drug-likeness (QED) is 0.498. The molecule has 1 amide bonds. The van der Waals surface area contributed by atoms with Crippen LogP contribution >= 0.6 is 11.8 Å². The van der Waals surface area contributed by atoms with Crippen LogP contribution in [0.4, 0.5) is 5.69 Å². The predicted molar refractivity (Wildman–Crippen MR) is 99.1 cm³/mol. The van der Waals surface area contributed by atoms with E-state index in [2.05, 4.69) is 20.6 Å². The number of hydrogen-bond donors (Lipinski definition) is 2. The van der Waals surface area contributed by atoms with Crippen LogP contribution in [0.3, 0.4) is 0 Å². The fraction of sp³-hybridized carbons (Fsp3) is 0.250. The summed E-state index contributed by atoms with van der Waals surface area (Å²) in [4.78, 5) is 12.1. The van der Waals surface area contributed by atoms with Gasteiger partial charge in [-0.25, -0.2) is 9.36 Å². The number of hydrogen-bond acceptors (Lipinski definition) is 7. The highest BCUT2D eigenvalue weighted by Crippen LogP contribution is 2.19. The Bertz CT molecular complexity index is 935. The van der Waals surface area contributed by atoms with E-state index in [0.717, 1.165) is 11.4 Å². The van der Waals surface area contributed by atoms with Crippen molar-refractivity contribution in [1.29, 1.82) is 0 Å². The minimum Gasteiger partial charge on any atom is -0.497 e. The number of methoxy groups -OCH3 is 1. The van der Waals surface area contributed by atoms with Crippen LogP contribution in [0.15, 0.2) is 35.5 Å². The van der Waals surface area contributed by atoms with Gasteiger partial charge in [0.15, 0.2) is 0 Å². The molecular weight excluding hydrogens is 354 g/mol. The summed E-state index contributed by atoms with van der Waals surface area (Å²) >= 11 is 1.19. The third kappa shape index (κ3) is 3.80. The monoisotopic (exact) mass is 373 g/mol. The maximum absolute atomic E-state index is 12.1. The highest BCUT2D eigenvalue weighted by atomic mass is 32.2. The number of carbonyl (C=O) groups is 1. The van der Waals surface area contributed by atoms with E-state index >= 15 is 0 Å². The first-order valence-electron chi connectivity index (χ1n) is 7.79. The molecule has 0 aliphatic heterocycles. The lowest BCUT2D eigenvalue weighted by molar-refractivity contribution is -0.113. The molecule has 0 unspecified atom stereocenters.